The lowest BCUT2D eigenvalue weighted by molar-refractivity contribution is 0.0472. The minimum Gasteiger partial charge on any atom is -0.489 e. The van der Waals surface area contributed by atoms with E-state index in [2.05, 4.69) is 10.1 Å². The summed E-state index contributed by atoms with van der Waals surface area (Å²) in [6.45, 7) is 0.708. The molecule has 0 saturated heterocycles. The maximum absolute atomic E-state index is 13.9. The summed E-state index contributed by atoms with van der Waals surface area (Å²) >= 11 is 0. The molecule has 1 aromatic heterocycles. The number of nitrogens with two attached hydrogens (primary N) is 1. The molecule has 23 heavy (non-hydrogen) atoms. The van der Waals surface area contributed by atoms with Crippen molar-refractivity contribution in [3.8, 4) is 16.9 Å². The van der Waals surface area contributed by atoms with Gasteiger partial charge in [0.2, 0.25) is 5.95 Å². The largest absolute Gasteiger partial charge is 0.489 e. The third kappa shape index (κ3) is 3.97. The van der Waals surface area contributed by atoms with Crippen molar-refractivity contribution in [2.45, 2.75) is 12.5 Å². The van der Waals surface area contributed by atoms with Crippen LogP contribution in [0.4, 0.5) is 4.39 Å². The van der Waals surface area contributed by atoms with E-state index in [1.165, 1.54) is 6.20 Å². The number of benzene rings is 1. The van der Waals surface area contributed by atoms with E-state index in [1.54, 1.807) is 24.3 Å². The zero-order valence-corrected chi connectivity index (χ0v) is 13.1. The molecule has 1 atom stereocenters. The summed E-state index contributed by atoms with van der Waals surface area (Å²) in [5.74, 6) is 0.0589. The third-order valence-electron chi connectivity index (χ3n) is 3.39. The zero-order valence-electron chi connectivity index (χ0n) is 12.3. The number of para-hydroxylation sites is 1. The number of hydrogen-bond donors (Lipinski definition) is 1. The first-order valence-electron chi connectivity index (χ1n) is 7.02. The highest BCUT2D eigenvalue weighted by Crippen LogP contribution is 2.31. The number of ether oxygens (including phenoxy) is 1. The van der Waals surface area contributed by atoms with Gasteiger partial charge in [0, 0.05) is 30.3 Å². The molecule has 1 aliphatic heterocycles. The highest BCUT2D eigenvalue weighted by Gasteiger charge is 2.21. The SMILES string of the molecule is Cl.NCC1=NOC(COc2ccccc2-c2cccnc2F)C1. The highest BCUT2D eigenvalue weighted by atomic mass is 35.5. The summed E-state index contributed by atoms with van der Waals surface area (Å²) in [7, 11) is 0. The molecule has 2 heterocycles. The van der Waals surface area contributed by atoms with Crippen LogP contribution in [0.1, 0.15) is 6.42 Å². The monoisotopic (exact) mass is 337 g/mol. The summed E-state index contributed by atoms with van der Waals surface area (Å²) in [6.07, 6.45) is 1.91. The lowest BCUT2D eigenvalue weighted by Crippen LogP contribution is -2.20. The van der Waals surface area contributed by atoms with Gasteiger partial charge < -0.3 is 15.3 Å². The fourth-order valence-electron chi connectivity index (χ4n) is 2.28. The molecule has 0 aliphatic carbocycles. The molecule has 0 bridgehead atoms. The van der Waals surface area contributed by atoms with E-state index < -0.39 is 5.95 Å². The molecule has 0 amide bonds. The first kappa shape index (κ1) is 17.2. The molecule has 0 fully saturated rings. The van der Waals surface area contributed by atoms with Gasteiger partial charge in [-0.05, 0) is 18.2 Å². The molecule has 0 radical (unpaired) electrons. The van der Waals surface area contributed by atoms with Gasteiger partial charge in [0.05, 0.1) is 5.71 Å². The Labute approximate surface area is 139 Å². The van der Waals surface area contributed by atoms with Crippen LogP contribution in [0.15, 0.2) is 47.8 Å². The lowest BCUT2D eigenvalue weighted by atomic mass is 10.1. The molecular weight excluding hydrogens is 321 g/mol. The molecule has 0 spiro atoms. The summed E-state index contributed by atoms with van der Waals surface area (Å²) < 4.78 is 19.7. The average Bonchev–Trinajstić information content (AvgIpc) is 3.02. The maximum atomic E-state index is 13.9. The van der Waals surface area contributed by atoms with Crippen molar-refractivity contribution >= 4 is 18.1 Å². The molecule has 1 aromatic carbocycles. The number of rotatable bonds is 5. The molecule has 3 rings (SSSR count). The third-order valence-corrected chi connectivity index (χ3v) is 3.39. The number of oxime groups is 1. The second kappa shape index (κ2) is 7.89. The number of hydrogen-bond acceptors (Lipinski definition) is 5. The molecule has 2 N–H and O–H groups in total. The molecule has 1 aliphatic rings. The summed E-state index contributed by atoms with van der Waals surface area (Å²) in [4.78, 5) is 8.92. The van der Waals surface area contributed by atoms with Crippen LogP contribution in [-0.2, 0) is 4.84 Å². The van der Waals surface area contributed by atoms with Gasteiger partial charge >= 0.3 is 0 Å². The summed E-state index contributed by atoms with van der Waals surface area (Å²) in [5, 5.41) is 3.88. The average molecular weight is 338 g/mol. The molecule has 0 saturated carbocycles. The van der Waals surface area contributed by atoms with Gasteiger partial charge in [0.15, 0.2) is 6.10 Å². The minimum absolute atomic E-state index is 0. The van der Waals surface area contributed by atoms with Gasteiger partial charge in [0.1, 0.15) is 12.4 Å². The van der Waals surface area contributed by atoms with Gasteiger partial charge in [-0.2, -0.15) is 4.39 Å². The molecule has 7 heteroatoms. The Morgan fingerprint density at radius 2 is 2.00 bits per heavy atom. The van der Waals surface area contributed by atoms with Crippen LogP contribution in [0.25, 0.3) is 11.1 Å². The van der Waals surface area contributed by atoms with Crippen molar-refractivity contribution in [1.82, 2.24) is 4.98 Å². The van der Waals surface area contributed by atoms with Gasteiger partial charge in [0.25, 0.3) is 0 Å². The topological polar surface area (TPSA) is 69.7 Å². The zero-order chi connectivity index (χ0) is 15.4. The molecular formula is C16H17ClFN3O2. The van der Waals surface area contributed by atoms with E-state index in [4.69, 9.17) is 15.3 Å². The Bertz CT molecular complexity index is 697. The standard InChI is InChI=1S/C16H16FN3O2.ClH/c17-16-14(5-3-7-19-16)13-4-1-2-6-15(13)21-10-12-8-11(9-18)20-22-12;/h1-7,12H,8-10,18H2;1H. The fraction of sp³-hybridized carbons (Fsp3) is 0.250. The van der Waals surface area contributed by atoms with Gasteiger partial charge in [-0.15, -0.1) is 12.4 Å². The highest BCUT2D eigenvalue weighted by molar-refractivity contribution is 5.87. The van der Waals surface area contributed by atoms with Crippen molar-refractivity contribution in [3.05, 3.63) is 48.5 Å². The first-order chi connectivity index (χ1) is 10.8. The number of halogens is 2. The number of nitrogens with zero attached hydrogens (tertiary/aromatic N) is 2. The normalized spacial score (nSPS) is 16.3. The Balaban J connectivity index is 0.00000192. The van der Waals surface area contributed by atoms with E-state index in [1.807, 2.05) is 12.1 Å². The molecule has 5 nitrogen and oxygen atoms in total. The van der Waals surface area contributed by atoms with Crippen LogP contribution in [0.3, 0.4) is 0 Å². The van der Waals surface area contributed by atoms with Crippen molar-refractivity contribution in [2.75, 3.05) is 13.2 Å². The van der Waals surface area contributed by atoms with Crippen LogP contribution in [0, 0.1) is 5.95 Å². The quantitative estimate of drug-likeness (QED) is 0.852. The minimum atomic E-state index is -0.524. The van der Waals surface area contributed by atoms with Crippen molar-refractivity contribution in [3.63, 3.8) is 0 Å². The predicted molar refractivity (Wildman–Crippen MR) is 88.4 cm³/mol. The number of pyridine rings is 1. The number of aromatic nitrogens is 1. The van der Waals surface area contributed by atoms with E-state index >= 15 is 0 Å². The van der Waals surface area contributed by atoms with Crippen molar-refractivity contribution in [2.24, 2.45) is 10.9 Å². The Kier molecular flexibility index (Phi) is 5.90. The van der Waals surface area contributed by atoms with Crippen LogP contribution < -0.4 is 10.5 Å². The maximum Gasteiger partial charge on any atom is 0.220 e. The van der Waals surface area contributed by atoms with E-state index in [0.29, 0.717) is 36.4 Å². The second-order valence-electron chi connectivity index (χ2n) is 4.94. The Hall–Kier alpha value is -2.18. The Morgan fingerprint density at radius 3 is 2.74 bits per heavy atom. The Morgan fingerprint density at radius 1 is 1.22 bits per heavy atom. The smallest absolute Gasteiger partial charge is 0.220 e. The second-order valence-corrected chi connectivity index (χ2v) is 4.94. The van der Waals surface area contributed by atoms with E-state index in [-0.39, 0.29) is 18.5 Å². The van der Waals surface area contributed by atoms with Gasteiger partial charge in [-0.25, -0.2) is 4.98 Å². The summed E-state index contributed by atoms with van der Waals surface area (Å²) in [6, 6.07) is 10.6. The van der Waals surface area contributed by atoms with Crippen molar-refractivity contribution < 1.29 is 14.0 Å². The molecule has 2 aromatic rings. The van der Waals surface area contributed by atoms with E-state index in [0.717, 1.165) is 5.71 Å². The van der Waals surface area contributed by atoms with Gasteiger partial charge in [-0.3, -0.25) is 0 Å². The van der Waals surface area contributed by atoms with E-state index in [9.17, 15) is 4.39 Å². The van der Waals surface area contributed by atoms with Crippen LogP contribution >= 0.6 is 12.4 Å². The fourth-order valence-corrected chi connectivity index (χ4v) is 2.28. The van der Waals surface area contributed by atoms with Crippen LogP contribution in [0.2, 0.25) is 0 Å². The molecule has 1 unspecified atom stereocenters. The van der Waals surface area contributed by atoms with Crippen LogP contribution in [-0.4, -0.2) is 30.0 Å². The lowest BCUT2D eigenvalue weighted by Gasteiger charge is -2.14. The first-order valence-corrected chi connectivity index (χ1v) is 7.02. The molecule has 122 valence electrons. The van der Waals surface area contributed by atoms with Crippen molar-refractivity contribution in [1.29, 1.82) is 0 Å². The van der Waals surface area contributed by atoms with Gasteiger partial charge in [-0.1, -0.05) is 23.4 Å². The summed E-state index contributed by atoms with van der Waals surface area (Å²) in [5.41, 5.74) is 7.40. The van der Waals surface area contributed by atoms with Crippen LogP contribution in [0.5, 0.6) is 5.75 Å². The predicted octanol–water partition coefficient (Wildman–Crippen LogP) is 2.79.